The van der Waals surface area contributed by atoms with Crippen LogP contribution in [0.3, 0.4) is 0 Å². The van der Waals surface area contributed by atoms with Crippen molar-refractivity contribution >= 4 is 16.6 Å². The molecule has 0 radical (unpaired) electrons. The second-order valence-corrected chi connectivity index (χ2v) is 5.98. The van der Waals surface area contributed by atoms with Gasteiger partial charge in [0.05, 0.1) is 5.52 Å². The van der Waals surface area contributed by atoms with E-state index >= 15 is 0 Å². The molecule has 1 atom stereocenters. The average molecular weight is 283 g/mol. The largest absolute Gasteiger partial charge is 0.335 e. The van der Waals surface area contributed by atoms with Gasteiger partial charge in [0.15, 0.2) is 0 Å². The van der Waals surface area contributed by atoms with Crippen molar-refractivity contribution in [1.29, 1.82) is 0 Å². The molecule has 0 bridgehead atoms. The lowest BCUT2D eigenvalue weighted by molar-refractivity contribution is 0.596. The maximum Gasteiger partial charge on any atom is 0.143 e. The van der Waals surface area contributed by atoms with E-state index in [1.807, 2.05) is 6.33 Å². The van der Waals surface area contributed by atoms with E-state index < -0.39 is 0 Å². The van der Waals surface area contributed by atoms with Gasteiger partial charge in [0.2, 0.25) is 0 Å². The van der Waals surface area contributed by atoms with Gasteiger partial charge in [-0.25, -0.2) is 4.98 Å². The van der Waals surface area contributed by atoms with Gasteiger partial charge in [-0.1, -0.05) is 27.2 Å². The lowest BCUT2D eigenvalue weighted by Gasteiger charge is -2.16. The number of rotatable bonds is 5. The van der Waals surface area contributed by atoms with E-state index in [-0.39, 0.29) is 0 Å². The van der Waals surface area contributed by atoms with Crippen LogP contribution in [0.4, 0.5) is 0 Å². The fourth-order valence-electron chi connectivity index (χ4n) is 3.59. The number of aryl methyl sites for hydroxylation is 2. The Hall–Kier alpha value is -1.77. The van der Waals surface area contributed by atoms with E-state index in [1.165, 1.54) is 35.7 Å². The van der Waals surface area contributed by atoms with Crippen LogP contribution in [-0.4, -0.2) is 14.0 Å². The zero-order chi connectivity index (χ0) is 15.0. The maximum absolute atomic E-state index is 4.61. The van der Waals surface area contributed by atoms with Crippen LogP contribution < -0.4 is 0 Å². The summed E-state index contributed by atoms with van der Waals surface area (Å²) in [6.07, 6.45) is 11.2. The van der Waals surface area contributed by atoms with Crippen molar-refractivity contribution in [1.82, 2.24) is 14.0 Å². The Balaban J connectivity index is 2.35. The molecule has 3 aromatic heterocycles. The van der Waals surface area contributed by atoms with E-state index in [1.54, 1.807) is 5.56 Å². The van der Waals surface area contributed by atoms with Crippen LogP contribution in [0.15, 0.2) is 24.8 Å². The highest BCUT2D eigenvalue weighted by molar-refractivity contribution is 5.95. The molecule has 0 saturated heterocycles. The fourth-order valence-corrected chi connectivity index (χ4v) is 3.59. The van der Waals surface area contributed by atoms with Crippen molar-refractivity contribution in [3.05, 3.63) is 35.9 Å². The molecular weight excluding hydrogens is 258 g/mol. The molecule has 3 rings (SSSR count). The van der Waals surface area contributed by atoms with Gasteiger partial charge in [0, 0.05) is 24.8 Å². The van der Waals surface area contributed by atoms with E-state index in [9.17, 15) is 0 Å². The summed E-state index contributed by atoms with van der Waals surface area (Å²) in [5.41, 5.74) is 5.49. The molecule has 0 aliphatic carbocycles. The average Bonchev–Trinajstić information content (AvgIpc) is 3.05. The topological polar surface area (TPSA) is 22.2 Å². The van der Waals surface area contributed by atoms with Crippen LogP contribution in [0, 0.1) is 0 Å². The normalized spacial score (nSPS) is 13.3. The SMILES string of the molecule is CCCC(CC)c1c(CC)cn2cnc3c(ccn3C)c12. The summed E-state index contributed by atoms with van der Waals surface area (Å²) in [5, 5.41) is 1.28. The Morgan fingerprint density at radius 3 is 2.71 bits per heavy atom. The molecule has 3 nitrogen and oxygen atoms in total. The molecule has 1 unspecified atom stereocenters. The summed E-state index contributed by atoms with van der Waals surface area (Å²) in [7, 11) is 2.07. The van der Waals surface area contributed by atoms with Gasteiger partial charge in [-0.15, -0.1) is 0 Å². The quantitative estimate of drug-likeness (QED) is 0.666. The van der Waals surface area contributed by atoms with E-state index in [0.717, 1.165) is 12.1 Å². The van der Waals surface area contributed by atoms with Crippen molar-refractivity contribution in [2.75, 3.05) is 0 Å². The third-order valence-corrected chi connectivity index (χ3v) is 4.67. The van der Waals surface area contributed by atoms with Crippen LogP contribution in [0.25, 0.3) is 16.6 Å². The van der Waals surface area contributed by atoms with Gasteiger partial charge < -0.3 is 8.97 Å². The summed E-state index contributed by atoms with van der Waals surface area (Å²) in [6.45, 7) is 6.85. The lowest BCUT2D eigenvalue weighted by Crippen LogP contribution is -2.00. The first-order valence-corrected chi connectivity index (χ1v) is 8.14. The summed E-state index contributed by atoms with van der Waals surface area (Å²) in [6, 6.07) is 2.21. The Kier molecular flexibility index (Phi) is 3.75. The Labute approximate surface area is 126 Å². The third-order valence-electron chi connectivity index (χ3n) is 4.67. The number of hydrogen-bond acceptors (Lipinski definition) is 1. The molecule has 0 spiro atoms. The van der Waals surface area contributed by atoms with E-state index in [2.05, 4.69) is 60.2 Å². The van der Waals surface area contributed by atoms with Gasteiger partial charge >= 0.3 is 0 Å². The zero-order valence-electron chi connectivity index (χ0n) is 13.6. The molecule has 112 valence electrons. The van der Waals surface area contributed by atoms with Crippen molar-refractivity contribution in [2.24, 2.45) is 7.05 Å². The molecule has 0 N–H and O–H groups in total. The van der Waals surface area contributed by atoms with Crippen LogP contribution in [0.2, 0.25) is 0 Å². The van der Waals surface area contributed by atoms with Gasteiger partial charge in [0.25, 0.3) is 0 Å². The smallest absolute Gasteiger partial charge is 0.143 e. The summed E-state index contributed by atoms with van der Waals surface area (Å²) >= 11 is 0. The highest BCUT2D eigenvalue weighted by atomic mass is 15.0. The van der Waals surface area contributed by atoms with Crippen LogP contribution >= 0.6 is 0 Å². The van der Waals surface area contributed by atoms with Gasteiger partial charge in [-0.2, -0.15) is 0 Å². The van der Waals surface area contributed by atoms with Gasteiger partial charge in [-0.3, -0.25) is 0 Å². The van der Waals surface area contributed by atoms with Crippen LogP contribution in [0.5, 0.6) is 0 Å². The third kappa shape index (κ3) is 2.15. The van der Waals surface area contributed by atoms with Crippen molar-refractivity contribution < 1.29 is 0 Å². The molecule has 0 aliphatic rings. The summed E-state index contributed by atoms with van der Waals surface area (Å²) in [4.78, 5) is 4.61. The summed E-state index contributed by atoms with van der Waals surface area (Å²) in [5.74, 6) is 0.653. The lowest BCUT2D eigenvalue weighted by atomic mass is 9.89. The van der Waals surface area contributed by atoms with Crippen LogP contribution in [0.1, 0.15) is 57.1 Å². The minimum Gasteiger partial charge on any atom is -0.335 e. The molecule has 0 aromatic carbocycles. The highest BCUT2D eigenvalue weighted by Crippen LogP contribution is 2.36. The van der Waals surface area contributed by atoms with Crippen molar-refractivity contribution in [3.63, 3.8) is 0 Å². The van der Waals surface area contributed by atoms with E-state index in [4.69, 9.17) is 0 Å². The fraction of sp³-hybridized carbons (Fsp3) is 0.500. The first kappa shape index (κ1) is 14.2. The minimum atomic E-state index is 0.653. The molecule has 0 aliphatic heterocycles. The van der Waals surface area contributed by atoms with Gasteiger partial charge in [-0.05, 0) is 42.4 Å². The number of hydrogen-bond donors (Lipinski definition) is 0. The predicted octanol–water partition coefficient (Wildman–Crippen LogP) is 4.68. The Morgan fingerprint density at radius 2 is 2.05 bits per heavy atom. The second kappa shape index (κ2) is 5.55. The Bertz CT molecular complexity index is 764. The number of nitrogens with zero attached hydrogens (tertiary/aromatic N) is 3. The summed E-state index contributed by atoms with van der Waals surface area (Å²) < 4.78 is 4.34. The highest BCUT2D eigenvalue weighted by Gasteiger charge is 2.20. The first-order chi connectivity index (χ1) is 10.2. The Morgan fingerprint density at radius 1 is 1.24 bits per heavy atom. The minimum absolute atomic E-state index is 0.653. The maximum atomic E-state index is 4.61. The molecule has 3 heterocycles. The monoisotopic (exact) mass is 283 g/mol. The zero-order valence-corrected chi connectivity index (χ0v) is 13.6. The molecule has 3 heteroatoms. The van der Waals surface area contributed by atoms with Crippen LogP contribution in [-0.2, 0) is 13.5 Å². The molecule has 3 aromatic rings. The van der Waals surface area contributed by atoms with Crippen molar-refractivity contribution in [3.8, 4) is 0 Å². The predicted molar refractivity (Wildman–Crippen MR) is 89.0 cm³/mol. The standard InChI is InChI=1S/C18H25N3/c1-5-8-13(6-2)16-14(7-3)11-21-12-19-18-15(17(16)21)9-10-20(18)4/h9-13H,5-8H2,1-4H3. The number of aromatic nitrogens is 3. The number of fused-ring (bicyclic) bond motifs is 3. The molecule has 0 amide bonds. The first-order valence-electron chi connectivity index (χ1n) is 8.14. The van der Waals surface area contributed by atoms with E-state index in [0.29, 0.717) is 5.92 Å². The second-order valence-electron chi connectivity index (χ2n) is 5.98. The van der Waals surface area contributed by atoms with Gasteiger partial charge in [0.1, 0.15) is 12.0 Å². The molecule has 0 saturated carbocycles. The molecular formula is C18H25N3. The molecule has 0 fully saturated rings. The molecule has 21 heavy (non-hydrogen) atoms. The van der Waals surface area contributed by atoms with Crippen molar-refractivity contribution in [2.45, 2.75) is 52.4 Å².